The van der Waals surface area contributed by atoms with Crippen molar-refractivity contribution in [1.29, 1.82) is 0 Å². The second-order valence-electron chi connectivity index (χ2n) is 6.89. The minimum atomic E-state index is -0.0648. The van der Waals surface area contributed by atoms with Gasteiger partial charge in [0.15, 0.2) is 0 Å². The first kappa shape index (κ1) is 16.7. The lowest BCUT2D eigenvalue weighted by Crippen LogP contribution is -2.29. The minimum absolute atomic E-state index is 0.0648. The van der Waals surface area contributed by atoms with Crippen LogP contribution in [0, 0.1) is 5.92 Å². The quantitative estimate of drug-likeness (QED) is 0.741. The summed E-state index contributed by atoms with van der Waals surface area (Å²) in [5.74, 6) is 2.22. The van der Waals surface area contributed by atoms with Gasteiger partial charge in [-0.25, -0.2) is 9.97 Å². The van der Waals surface area contributed by atoms with E-state index in [0.717, 1.165) is 43.2 Å². The first-order chi connectivity index (χ1) is 12.7. The zero-order valence-corrected chi connectivity index (χ0v) is 14.9. The molecule has 6 heteroatoms. The van der Waals surface area contributed by atoms with Crippen molar-refractivity contribution in [1.82, 2.24) is 19.9 Å². The van der Waals surface area contributed by atoms with Gasteiger partial charge in [-0.3, -0.25) is 9.69 Å². The summed E-state index contributed by atoms with van der Waals surface area (Å²) in [7, 11) is 0. The number of hydrogen-bond donors (Lipinski definition) is 2. The number of pyridine rings is 1. The van der Waals surface area contributed by atoms with Gasteiger partial charge in [-0.1, -0.05) is 18.2 Å². The number of aromatic amines is 1. The van der Waals surface area contributed by atoms with Crippen LogP contribution in [0.25, 0.3) is 10.9 Å². The monoisotopic (exact) mass is 349 g/mol. The lowest BCUT2D eigenvalue weighted by atomic mass is 10.1. The molecule has 3 heterocycles. The van der Waals surface area contributed by atoms with Crippen molar-refractivity contribution in [2.24, 2.45) is 5.92 Å². The third-order valence-electron chi connectivity index (χ3n) is 5.13. The number of rotatable bonds is 5. The summed E-state index contributed by atoms with van der Waals surface area (Å²) in [6.07, 6.45) is 2.93. The normalized spacial score (nSPS) is 18.9. The Labute approximate surface area is 152 Å². The van der Waals surface area contributed by atoms with Crippen molar-refractivity contribution >= 4 is 16.7 Å². The summed E-state index contributed by atoms with van der Waals surface area (Å²) in [5, 5.41) is 4.05. The third kappa shape index (κ3) is 3.46. The Balaban J connectivity index is 1.43. The lowest BCUT2D eigenvalue weighted by Gasteiger charge is -2.23. The molecule has 2 aromatic heterocycles. The third-order valence-corrected chi connectivity index (χ3v) is 5.13. The van der Waals surface area contributed by atoms with Gasteiger partial charge in [0, 0.05) is 19.3 Å². The van der Waals surface area contributed by atoms with Crippen molar-refractivity contribution in [3.8, 4) is 0 Å². The summed E-state index contributed by atoms with van der Waals surface area (Å²) in [4.78, 5) is 26.6. The number of benzene rings is 1. The van der Waals surface area contributed by atoms with E-state index in [9.17, 15) is 4.79 Å². The van der Waals surface area contributed by atoms with Crippen LogP contribution in [0.1, 0.15) is 25.2 Å². The second kappa shape index (κ2) is 7.25. The van der Waals surface area contributed by atoms with E-state index in [1.807, 2.05) is 42.5 Å². The molecule has 1 fully saturated rings. The van der Waals surface area contributed by atoms with Crippen LogP contribution in [0.5, 0.6) is 0 Å². The smallest absolute Gasteiger partial charge is 0.258 e. The molecule has 0 radical (unpaired) electrons. The molecule has 2 N–H and O–H groups in total. The fraction of sp³-hybridized carbons (Fsp3) is 0.350. The highest BCUT2D eigenvalue weighted by atomic mass is 16.1. The van der Waals surface area contributed by atoms with Crippen LogP contribution < -0.4 is 10.9 Å². The van der Waals surface area contributed by atoms with Crippen molar-refractivity contribution < 1.29 is 0 Å². The molecule has 0 spiro atoms. The van der Waals surface area contributed by atoms with E-state index in [2.05, 4.69) is 32.1 Å². The van der Waals surface area contributed by atoms with Gasteiger partial charge in [0.25, 0.3) is 5.56 Å². The molecule has 0 saturated carbocycles. The number of aromatic nitrogens is 3. The van der Waals surface area contributed by atoms with E-state index in [1.54, 1.807) is 6.20 Å². The summed E-state index contributed by atoms with van der Waals surface area (Å²) < 4.78 is 0. The molecule has 0 bridgehead atoms. The fourth-order valence-corrected chi connectivity index (χ4v) is 3.57. The molecule has 1 aromatic carbocycles. The van der Waals surface area contributed by atoms with Crippen molar-refractivity contribution in [3.63, 3.8) is 0 Å². The van der Waals surface area contributed by atoms with Gasteiger partial charge in [-0.15, -0.1) is 0 Å². The Morgan fingerprint density at radius 1 is 1.27 bits per heavy atom. The number of para-hydroxylation sites is 1. The van der Waals surface area contributed by atoms with Gasteiger partial charge in [0.1, 0.15) is 11.6 Å². The van der Waals surface area contributed by atoms with E-state index >= 15 is 0 Å². The van der Waals surface area contributed by atoms with Gasteiger partial charge in [-0.05, 0) is 50.1 Å². The Hall–Kier alpha value is -2.73. The Kier molecular flexibility index (Phi) is 4.67. The van der Waals surface area contributed by atoms with Crippen molar-refractivity contribution in [2.75, 3.05) is 25.0 Å². The van der Waals surface area contributed by atoms with Crippen LogP contribution in [0.3, 0.4) is 0 Å². The standard InChI is InChI=1S/C20H23N5O/c1-14(19-23-17-7-3-2-6-16(17)20(26)24-19)25-11-9-15(13-25)12-22-18-8-4-5-10-21-18/h2-8,10,14-15H,9,11-13H2,1H3,(H,21,22)(H,23,24,26)/t14-,15+/m0/s1. The highest BCUT2D eigenvalue weighted by molar-refractivity contribution is 5.77. The average Bonchev–Trinajstić information content (AvgIpc) is 3.15. The van der Waals surface area contributed by atoms with Gasteiger partial charge in [-0.2, -0.15) is 0 Å². The van der Waals surface area contributed by atoms with E-state index in [0.29, 0.717) is 11.3 Å². The highest BCUT2D eigenvalue weighted by Crippen LogP contribution is 2.26. The first-order valence-electron chi connectivity index (χ1n) is 9.08. The Bertz CT molecular complexity index is 940. The zero-order chi connectivity index (χ0) is 17.9. The van der Waals surface area contributed by atoms with E-state index in [1.165, 1.54) is 0 Å². The maximum atomic E-state index is 12.3. The van der Waals surface area contributed by atoms with Gasteiger partial charge in [0.05, 0.1) is 16.9 Å². The molecule has 134 valence electrons. The fourth-order valence-electron chi connectivity index (χ4n) is 3.57. The highest BCUT2D eigenvalue weighted by Gasteiger charge is 2.28. The largest absolute Gasteiger partial charge is 0.370 e. The maximum Gasteiger partial charge on any atom is 0.258 e. The zero-order valence-electron chi connectivity index (χ0n) is 14.9. The Morgan fingerprint density at radius 3 is 2.96 bits per heavy atom. The average molecular weight is 349 g/mol. The predicted octanol–water partition coefficient (Wildman–Crippen LogP) is 2.81. The summed E-state index contributed by atoms with van der Waals surface area (Å²) >= 11 is 0. The van der Waals surface area contributed by atoms with Crippen LogP contribution in [0.4, 0.5) is 5.82 Å². The van der Waals surface area contributed by atoms with Crippen LogP contribution in [-0.4, -0.2) is 39.5 Å². The molecule has 2 atom stereocenters. The second-order valence-corrected chi connectivity index (χ2v) is 6.89. The van der Waals surface area contributed by atoms with Gasteiger partial charge >= 0.3 is 0 Å². The number of fused-ring (bicyclic) bond motifs is 1. The summed E-state index contributed by atoms with van der Waals surface area (Å²) in [5.41, 5.74) is 0.690. The van der Waals surface area contributed by atoms with E-state index in [4.69, 9.17) is 0 Å². The Morgan fingerprint density at radius 2 is 2.12 bits per heavy atom. The summed E-state index contributed by atoms with van der Waals surface area (Å²) in [6.45, 7) is 5.01. The minimum Gasteiger partial charge on any atom is -0.370 e. The molecule has 3 aromatic rings. The molecule has 0 aliphatic carbocycles. The molecule has 6 nitrogen and oxygen atoms in total. The van der Waals surface area contributed by atoms with Gasteiger partial charge < -0.3 is 10.3 Å². The predicted molar refractivity (Wildman–Crippen MR) is 103 cm³/mol. The summed E-state index contributed by atoms with van der Waals surface area (Å²) in [6, 6.07) is 13.5. The molecule has 0 unspecified atom stereocenters. The molecular formula is C20H23N5O. The van der Waals surface area contributed by atoms with E-state index < -0.39 is 0 Å². The molecule has 1 saturated heterocycles. The topological polar surface area (TPSA) is 73.9 Å². The SMILES string of the molecule is C[C@@H](c1nc2ccccc2c(=O)[nH]1)N1CC[C@H](CNc2ccccn2)C1. The molecule has 1 aliphatic heterocycles. The van der Waals surface area contributed by atoms with E-state index in [-0.39, 0.29) is 11.6 Å². The van der Waals surface area contributed by atoms with Crippen LogP contribution in [0.15, 0.2) is 53.5 Å². The molecule has 4 rings (SSSR count). The van der Waals surface area contributed by atoms with Crippen LogP contribution >= 0.6 is 0 Å². The first-order valence-corrected chi connectivity index (χ1v) is 9.08. The number of nitrogens with one attached hydrogen (secondary N) is 2. The number of hydrogen-bond acceptors (Lipinski definition) is 5. The maximum absolute atomic E-state index is 12.3. The van der Waals surface area contributed by atoms with Crippen molar-refractivity contribution in [2.45, 2.75) is 19.4 Å². The molecule has 0 amide bonds. The number of nitrogens with zero attached hydrogens (tertiary/aromatic N) is 3. The van der Waals surface area contributed by atoms with Gasteiger partial charge in [0.2, 0.25) is 0 Å². The van der Waals surface area contributed by atoms with Crippen LogP contribution in [-0.2, 0) is 0 Å². The molecular weight excluding hydrogens is 326 g/mol. The molecule has 26 heavy (non-hydrogen) atoms. The number of anilines is 1. The number of H-pyrrole nitrogens is 1. The number of likely N-dealkylation sites (tertiary alicyclic amines) is 1. The van der Waals surface area contributed by atoms with Crippen LogP contribution in [0.2, 0.25) is 0 Å². The molecule has 1 aliphatic rings. The lowest BCUT2D eigenvalue weighted by molar-refractivity contribution is 0.245. The van der Waals surface area contributed by atoms with Crippen molar-refractivity contribution in [3.05, 3.63) is 64.8 Å².